The van der Waals surface area contributed by atoms with E-state index in [2.05, 4.69) is 10.2 Å². The normalized spacial score (nSPS) is 23.1. The molecule has 1 saturated heterocycles. The third-order valence-corrected chi connectivity index (χ3v) is 4.43. The summed E-state index contributed by atoms with van der Waals surface area (Å²) in [6, 6.07) is 4.66. The second kappa shape index (κ2) is 5.55. The van der Waals surface area contributed by atoms with E-state index in [1.54, 1.807) is 6.07 Å². The molecule has 1 aromatic carbocycles. The van der Waals surface area contributed by atoms with E-state index in [9.17, 15) is 8.78 Å². The predicted molar refractivity (Wildman–Crippen MR) is 70.9 cm³/mol. The van der Waals surface area contributed by atoms with Crippen molar-refractivity contribution in [2.45, 2.75) is 25.3 Å². The van der Waals surface area contributed by atoms with Gasteiger partial charge in [0.25, 0.3) is 0 Å². The highest BCUT2D eigenvalue weighted by molar-refractivity contribution is 5.23. The van der Waals surface area contributed by atoms with Gasteiger partial charge in [0, 0.05) is 32.2 Å². The van der Waals surface area contributed by atoms with E-state index >= 15 is 0 Å². The molecule has 1 aliphatic carbocycles. The molecule has 1 aromatic rings. The Bertz CT molecular complexity index is 440. The van der Waals surface area contributed by atoms with E-state index in [1.165, 1.54) is 31.4 Å². The zero-order valence-corrected chi connectivity index (χ0v) is 11.0. The molecule has 1 saturated carbocycles. The number of nitrogens with zero attached hydrogens (tertiary/aromatic N) is 1. The average Bonchev–Trinajstić information content (AvgIpc) is 2.38. The Balaban J connectivity index is 1.86. The van der Waals surface area contributed by atoms with Crippen molar-refractivity contribution in [2.75, 3.05) is 26.2 Å². The van der Waals surface area contributed by atoms with Crippen LogP contribution in [0.2, 0.25) is 0 Å². The Morgan fingerprint density at radius 2 is 1.84 bits per heavy atom. The van der Waals surface area contributed by atoms with Crippen LogP contribution in [0.15, 0.2) is 18.2 Å². The number of piperazine rings is 1. The molecule has 104 valence electrons. The lowest BCUT2D eigenvalue weighted by Gasteiger charge is -2.43. The summed E-state index contributed by atoms with van der Waals surface area (Å²) in [5.41, 5.74) is 0.936. The lowest BCUT2D eigenvalue weighted by molar-refractivity contribution is 0.0834. The molecule has 19 heavy (non-hydrogen) atoms. The second-order valence-electron chi connectivity index (χ2n) is 5.60. The van der Waals surface area contributed by atoms with Gasteiger partial charge in [0.05, 0.1) is 0 Å². The van der Waals surface area contributed by atoms with E-state index in [-0.39, 0.29) is 6.04 Å². The summed E-state index contributed by atoms with van der Waals surface area (Å²) >= 11 is 0. The largest absolute Gasteiger partial charge is 0.314 e. The van der Waals surface area contributed by atoms with Gasteiger partial charge in [-0.3, -0.25) is 4.90 Å². The first-order valence-electron chi connectivity index (χ1n) is 7.15. The zero-order chi connectivity index (χ0) is 13.2. The highest BCUT2D eigenvalue weighted by Crippen LogP contribution is 2.41. The smallest absolute Gasteiger partial charge is 0.159 e. The van der Waals surface area contributed by atoms with E-state index in [4.69, 9.17) is 0 Å². The summed E-state index contributed by atoms with van der Waals surface area (Å²) in [7, 11) is 0. The Labute approximate surface area is 112 Å². The Hall–Kier alpha value is -1.00. The van der Waals surface area contributed by atoms with Crippen molar-refractivity contribution in [1.82, 2.24) is 10.2 Å². The van der Waals surface area contributed by atoms with Crippen LogP contribution in [0.3, 0.4) is 0 Å². The maximum absolute atomic E-state index is 13.5. The summed E-state index contributed by atoms with van der Waals surface area (Å²) in [6.45, 7) is 3.93. The first-order valence-corrected chi connectivity index (χ1v) is 7.15. The maximum Gasteiger partial charge on any atom is 0.159 e. The first kappa shape index (κ1) is 13.0. The molecule has 0 unspecified atom stereocenters. The quantitative estimate of drug-likeness (QED) is 0.905. The van der Waals surface area contributed by atoms with Crippen molar-refractivity contribution in [3.63, 3.8) is 0 Å². The molecule has 0 radical (unpaired) electrons. The van der Waals surface area contributed by atoms with Crippen molar-refractivity contribution in [1.29, 1.82) is 0 Å². The minimum Gasteiger partial charge on any atom is -0.314 e. The average molecular weight is 266 g/mol. The van der Waals surface area contributed by atoms with E-state index in [1.807, 2.05) is 0 Å². The summed E-state index contributed by atoms with van der Waals surface area (Å²) in [5, 5.41) is 3.34. The molecule has 0 bridgehead atoms. The first-order chi connectivity index (χ1) is 9.25. The van der Waals surface area contributed by atoms with E-state index < -0.39 is 11.6 Å². The molecule has 3 rings (SSSR count). The van der Waals surface area contributed by atoms with Crippen LogP contribution in [0.4, 0.5) is 8.78 Å². The number of hydrogen-bond donors (Lipinski definition) is 1. The fourth-order valence-electron chi connectivity index (χ4n) is 3.19. The van der Waals surface area contributed by atoms with Gasteiger partial charge in [-0.25, -0.2) is 8.78 Å². The molecule has 1 aliphatic heterocycles. The van der Waals surface area contributed by atoms with Gasteiger partial charge in [-0.1, -0.05) is 12.5 Å². The molecule has 0 aromatic heterocycles. The molecular formula is C15H20F2N2. The van der Waals surface area contributed by atoms with Crippen molar-refractivity contribution in [3.8, 4) is 0 Å². The third-order valence-electron chi connectivity index (χ3n) is 4.43. The van der Waals surface area contributed by atoms with Crippen LogP contribution < -0.4 is 5.32 Å². The van der Waals surface area contributed by atoms with E-state index in [0.717, 1.165) is 31.7 Å². The lowest BCUT2D eigenvalue weighted by Crippen LogP contribution is -2.47. The van der Waals surface area contributed by atoms with Crippen molar-refractivity contribution >= 4 is 0 Å². The summed E-state index contributed by atoms with van der Waals surface area (Å²) < 4.78 is 26.6. The predicted octanol–water partition coefficient (Wildman–Crippen LogP) is 2.71. The molecule has 1 N–H and O–H groups in total. The number of nitrogens with one attached hydrogen (secondary N) is 1. The maximum atomic E-state index is 13.5. The van der Waals surface area contributed by atoms with Crippen LogP contribution in [0.25, 0.3) is 0 Å². The number of rotatable bonds is 3. The summed E-state index contributed by atoms with van der Waals surface area (Å²) in [6.07, 6.45) is 3.66. The van der Waals surface area contributed by atoms with Gasteiger partial charge in [0.2, 0.25) is 0 Å². The highest BCUT2D eigenvalue weighted by atomic mass is 19.2. The van der Waals surface area contributed by atoms with Gasteiger partial charge in [0.1, 0.15) is 0 Å². The van der Waals surface area contributed by atoms with Crippen LogP contribution in [-0.4, -0.2) is 31.1 Å². The number of benzene rings is 1. The molecule has 1 heterocycles. The van der Waals surface area contributed by atoms with Gasteiger partial charge < -0.3 is 5.32 Å². The number of hydrogen-bond acceptors (Lipinski definition) is 2. The van der Waals surface area contributed by atoms with Crippen LogP contribution in [0.5, 0.6) is 0 Å². The molecule has 1 atom stereocenters. The molecule has 0 spiro atoms. The lowest BCUT2D eigenvalue weighted by atomic mass is 9.76. The summed E-state index contributed by atoms with van der Waals surface area (Å²) in [4.78, 5) is 2.42. The summed E-state index contributed by atoms with van der Waals surface area (Å²) in [5.74, 6) is -0.878. The molecule has 0 amide bonds. The van der Waals surface area contributed by atoms with Gasteiger partial charge in [-0.05, 0) is 36.5 Å². The Morgan fingerprint density at radius 1 is 1.11 bits per heavy atom. The minimum atomic E-state index is -0.753. The monoisotopic (exact) mass is 266 g/mol. The topological polar surface area (TPSA) is 15.3 Å². The van der Waals surface area contributed by atoms with Crippen molar-refractivity contribution in [2.24, 2.45) is 5.92 Å². The number of halogens is 2. The SMILES string of the molecule is Fc1ccc([C@@H](C2CCC2)N2CCNCC2)cc1F. The van der Waals surface area contributed by atoms with Crippen molar-refractivity contribution < 1.29 is 8.78 Å². The van der Waals surface area contributed by atoms with Crippen LogP contribution in [0.1, 0.15) is 30.9 Å². The highest BCUT2D eigenvalue weighted by Gasteiger charge is 2.33. The fourth-order valence-corrected chi connectivity index (χ4v) is 3.19. The van der Waals surface area contributed by atoms with Gasteiger partial charge in [-0.2, -0.15) is 0 Å². The van der Waals surface area contributed by atoms with Crippen LogP contribution in [0, 0.1) is 17.6 Å². The Kier molecular flexibility index (Phi) is 3.80. The van der Waals surface area contributed by atoms with Crippen LogP contribution >= 0.6 is 0 Å². The van der Waals surface area contributed by atoms with Gasteiger partial charge in [0.15, 0.2) is 11.6 Å². The van der Waals surface area contributed by atoms with Crippen LogP contribution in [-0.2, 0) is 0 Å². The molecule has 4 heteroatoms. The van der Waals surface area contributed by atoms with Gasteiger partial charge in [-0.15, -0.1) is 0 Å². The molecular weight excluding hydrogens is 246 g/mol. The molecule has 2 aliphatic rings. The minimum absolute atomic E-state index is 0.256. The molecule has 2 nitrogen and oxygen atoms in total. The fraction of sp³-hybridized carbons (Fsp3) is 0.600. The Morgan fingerprint density at radius 3 is 2.42 bits per heavy atom. The zero-order valence-electron chi connectivity index (χ0n) is 11.0. The van der Waals surface area contributed by atoms with Gasteiger partial charge >= 0.3 is 0 Å². The third kappa shape index (κ3) is 2.65. The molecule has 2 fully saturated rings. The second-order valence-corrected chi connectivity index (χ2v) is 5.60. The standard InChI is InChI=1S/C15H20F2N2/c16-13-5-4-12(10-14(13)17)15(11-2-1-3-11)19-8-6-18-7-9-19/h4-5,10-11,15,18H,1-3,6-9H2/t15-/m1/s1. The van der Waals surface area contributed by atoms with Crippen molar-refractivity contribution in [3.05, 3.63) is 35.4 Å². The van der Waals surface area contributed by atoms with E-state index in [0.29, 0.717) is 5.92 Å².